The Labute approximate surface area is 241 Å². The van der Waals surface area contributed by atoms with Gasteiger partial charge in [0, 0.05) is 23.0 Å². The summed E-state index contributed by atoms with van der Waals surface area (Å²) in [6, 6.07) is 5.95. The molecule has 0 spiro atoms. The number of fused-ring (bicyclic) bond motifs is 2. The van der Waals surface area contributed by atoms with Crippen molar-refractivity contribution in [1.82, 2.24) is 4.57 Å². The van der Waals surface area contributed by atoms with E-state index in [1.807, 2.05) is 22.8 Å². The van der Waals surface area contributed by atoms with Gasteiger partial charge in [0.05, 0.1) is 40.5 Å². The van der Waals surface area contributed by atoms with Gasteiger partial charge in [0.1, 0.15) is 5.00 Å². The number of nitrogens with zero attached hydrogens (tertiary/aromatic N) is 2. The quantitative estimate of drug-likeness (QED) is 0.235. The Kier molecular flexibility index (Phi) is 10.6. The molecule has 1 N–H and O–H groups in total. The number of thiophene rings is 1. The Morgan fingerprint density at radius 1 is 1.16 bits per heavy atom. The average molecular weight is 641 g/mol. The van der Waals surface area contributed by atoms with Crippen LogP contribution in [-0.4, -0.2) is 54.2 Å². The minimum Gasteiger partial charge on any atom is -0.462 e. The number of rotatable bonds is 10. The van der Waals surface area contributed by atoms with Gasteiger partial charge in [-0.1, -0.05) is 33.7 Å². The maximum Gasteiger partial charge on any atom is 0.341 e. The van der Waals surface area contributed by atoms with E-state index >= 15 is 0 Å². The number of ether oxygens (including phenoxy) is 2. The molecule has 1 aliphatic rings. The van der Waals surface area contributed by atoms with Gasteiger partial charge in [-0.05, 0) is 56.4 Å². The number of thioether (sulfide) groups is 1. The third kappa shape index (κ3) is 7.15. The lowest BCUT2D eigenvalue weighted by molar-refractivity contribution is -0.115. The van der Waals surface area contributed by atoms with Gasteiger partial charge in [-0.25, -0.2) is 4.79 Å². The van der Waals surface area contributed by atoms with Gasteiger partial charge in [-0.15, -0.1) is 23.1 Å². The number of aromatic nitrogens is 1. The first-order chi connectivity index (χ1) is 18.4. The molecule has 8 nitrogen and oxygen atoms in total. The van der Waals surface area contributed by atoms with Crippen LogP contribution in [-0.2, 0) is 38.4 Å². The number of carbonyl (C=O) groups is 3. The Morgan fingerprint density at radius 3 is 2.76 bits per heavy atom. The summed E-state index contributed by atoms with van der Waals surface area (Å²) in [5, 5.41) is 3.45. The highest BCUT2D eigenvalue weighted by Gasteiger charge is 2.26. The third-order valence-corrected chi connectivity index (χ3v) is 9.66. The number of esters is 1. The normalized spacial score (nSPS) is 13.8. The van der Waals surface area contributed by atoms with Crippen LogP contribution >= 0.6 is 50.4 Å². The predicted octanol–water partition coefficient (Wildman–Crippen LogP) is 5.42. The Bertz CT molecular complexity index is 1390. The monoisotopic (exact) mass is 639 g/mol. The molecule has 0 unspecified atom stereocenters. The molecule has 204 valence electrons. The SMILES string of the molecule is CCOC(=O)c1c(NC(=O)CSCC(=O)N=c2sc3cc(Br)ccc3n2CCOC)sc2c1CCCCC2. The van der Waals surface area contributed by atoms with Crippen LogP contribution in [0.15, 0.2) is 27.7 Å². The number of hydrogen-bond acceptors (Lipinski definition) is 8. The van der Waals surface area contributed by atoms with E-state index in [4.69, 9.17) is 9.47 Å². The molecule has 3 aromatic rings. The molecule has 2 heterocycles. The fourth-order valence-corrected chi connectivity index (χ4v) is 7.83. The molecular weight excluding hydrogens is 610 g/mol. The van der Waals surface area contributed by atoms with Crippen LogP contribution in [0.4, 0.5) is 5.00 Å². The van der Waals surface area contributed by atoms with Crippen molar-refractivity contribution >= 4 is 83.4 Å². The largest absolute Gasteiger partial charge is 0.462 e. The van der Waals surface area contributed by atoms with Crippen molar-refractivity contribution in [1.29, 1.82) is 0 Å². The van der Waals surface area contributed by atoms with Gasteiger partial charge >= 0.3 is 5.97 Å². The lowest BCUT2D eigenvalue weighted by Gasteiger charge is -2.08. The van der Waals surface area contributed by atoms with Gasteiger partial charge in [0.15, 0.2) is 4.80 Å². The fraction of sp³-hybridized carbons (Fsp3) is 0.462. The summed E-state index contributed by atoms with van der Waals surface area (Å²) in [5.74, 6) is -0.807. The highest BCUT2D eigenvalue weighted by molar-refractivity contribution is 9.10. The molecule has 4 rings (SSSR count). The lowest BCUT2D eigenvalue weighted by atomic mass is 10.1. The molecule has 38 heavy (non-hydrogen) atoms. The van der Waals surface area contributed by atoms with Gasteiger partial charge in [-0.3, -0.25) is 9.59 Å². The molecule has 2 aromatic heterocycles. The summed E-state index contributed by atoms with van der Waals surface area (Å²) in [4.78, 5) is 44.2. The minimum atomic E-state index is -0.388. The summed E-state index contributed by atoms with van der Waals surface area (Å²) in [5.41, 5.74) is 2.50. The van der Waals surface area contributed by atoms with Crippen molar-refractivity contribution in [2.45, 2.75) is 45.6 Å². The standard InChI is InChI=1S/C26H30BrN3O5S3/c1-3-35-25(33)23-17-7-5-4-6-8-19(17)37-24(23)28-21(31)14-36-15-22(32)29-26-30(11-12-34-2)18-10-9-16(27)13-20(18)38-26/h9-10,13H,3-8,11-12,14-15H2,1-2H3,(H,28,31). The summed E-state index contributed by atoms with van der Waals surface area (Å²) >= 11 is 7.60. The molecule has 2 amide bonds. The molecule has 0 saturated heterocycles. The van der Waals surface area contributed by atoms with Crippen molar-refractivity contribution in [2.24, 2.45) is 4.99 Å². The lowest BCUT2D eigenvalue weighted by Crippen LogP contribution is -2.20. The number of carbonyl (C=O) groups excluding carboxylic acids is 3. The van der Waals surface area contributed by atoms with Gasteiger partial charge < -0.3 is 19.4 Å². The number of benzene rings is 1. The van der Waals surface area contributed by atoms with E-state index < -0.39 is 0 Å². The van der Waals surface area contributed by atoms with E-state index in [0.717, 1.165) is 57.2 Å². The second-order valence-corrected chi connectivity index (χ2v) is 12.7. The maximum absolute atomic E-state index is 12.7. The number of aryl methyl sites for hydroxylation is 1. The Hall–Kier alpha value is -1.99. The molecule has 1 aliphatic carbocycles. The van der Waals surface area contributed by atoms with E-state index in [-0.39, 0.29) is 35.9 Å². The smallest absolute Gasteiger partial charge is 0.341 e. The second kappa shape index (κ2) is 13.9. The van der Waals surface area contributed by atoms with Crippen molar-refractivity contribution < 1.29 is 23.9 Å². The van der Waals surface area contributed by atoms with Gasteiger partial charge in [0.25, 0.3) is 5.91 Å². The minimum absolute atomic E-state index is 0.0707. The average Bonchev–Trinajstić information content (AvgIpc) is 3.29. The summed E-state index contributed by atoms with van der Waals surface area (Å²) in [7, 11) is 1.64. The van der Waals surface area contributed by atoms with E-state index in [2.05, 4.69) is 26.2 Å². The van der Waals surface area contributed by atoms with Crippen molar-refractivity contribution in [3.8, 4) is 0 Å². The zero-order chi connectivity index (χ0) is 27.1. The molecule has 1 aromatic carbocycles. The number of nitrogens with one attached hydrogen (secondary N) is 1. The molecular formula is C26H30BrN3O5S3. The molecule has 0 aliphatic heterocycles. The Balaban J connectivity index is 1.41. The van der Waals surface area contributed by atoms with Crippen molar-refractivity contribution in [2.75, 3.05) is 37.1 Å². The number of amides is 2. The molecule has 0 radical (unpaired) electrons. The predicted molar refractivity (Wildman–Crippen MR) is 157 cm³/mol. The number of halogens is 1. The number of methoxy groups -OCH3 is 1. The van der Waals surface area contributed by atoms with E-state index in [1.165, 1.54) is 34.4 Å². The maximum atomic E-state index is 12.7. The highest BCUT2D eigenvalue weighted by Crippen LogP contribution is 2.38. The fourth-order valence-electron chi connectivity index (χ4n) is 4.31. The van der Waals surface area contributed by atoms with Crippen molar-refractivity contribution in [3.63, 3.8) is 0 Å². The molecule has 0 saturated carbocycles. The first-order valence-corrected chi connectivity index (χ1v) is 16.0. The highest BCUT2D eigenvalue weighted by atomic mass is 79.9. The second-order valence-electron chi connectivity index (χ2n) is 8.68. The number of hydrogen-bond donors (Lipinski definition) is 1. The van der Waals surface area contributed by atoms with Crippen molar-refractivity contribution in [3.05, 3.63) is 43.5 Å². The summed E-state index contributed by atoms with van der Waals surface area (Å²) < 4.78 is 14.5. The first-order valence-electron chi connectivity index (χ1n) is 12.5. The third-order valence-electron chi connectivity index (χ3n) is 6.00. The first kappa shape index (κ1) is 29.0. The molecule has 0 fully saturated rings. The van der Waals surface area contributed by atoms with Crippen LogP contribution in [0.2, 0.25) is 0 Å². The number of thiazole rings is 1. The molecule has 12 heteroatoms. The van der Waals surface area contributed by atoms with Crippen LogP contribution in [0.1, 0.15) is 47.0 Å². The van der Waals surface area contributed by atoms with E-state index in [9.17, 15) is 14.4 Å². The molecule has 0 atom stereocenters. The van der Waals surface area contributed by atoms with E-state index in [1.54, 1.807) is 14.0 Å². The summed E-state index contributed by atoms with van der Waals surface area (Å²) in [6.07, 6.45) is 4.96. The Morgan fingerprint density at radius 2 is 1.97 bits per heavy atom. The van der Waals surface area contributed by atoms with Crippen LogP contribution in [0.5, 0.6) is 0 Å². The van der Waals surface area contributed by atoms with Gasteiger partial charge in [-0.2, -0.15) is 4.99 Å². The summed E-state index contributed by atoms with van der Waals surface area (Å²) in [6.45, 7) is 3.13. The van der Waals surface area contributed by atoms with Crippen LogP contribution in [0, 0.1) is 0 Å². The zero-order valence-corrected chi connectivity index (χ0v) is 25.4. The van der Waals surface area contributed by atoms with Crippen LogP contribution < -0.4 is 10.1 Å². The van der Waals surface area contributed by atoms with Gasteiger partial charge in [0.2, 0.25) is 5.91 Å². The zero-order valence-electron chi connectivity index (χ0n) is 21.3. The van der Waals surface area contributed by atoms with E-state index in [0.29, 0.717) is 28.5 Å². The van der Waals surface area contributed by atoms with Crippen LogP contribution in [0.3, 0.4) is 0 Å². The topological polar surface area (TPSA) is 99.0 Å². The number of anilines is 1. The van der Waals surface area contributed by atoms with Crippen LogP contribution in [0.25, 0.3) is 10.2 Å². The molecule has 0 bridgehead atoms.